The van der Waals surface area contributed by atoms with Crippen LogP contribution in [0.4, 0.5) is 10.5 Å². The van der Waals surface area contributed by atoms with Crippen LogP contribution in [0.1, 0.15) is 29.9 Å². The maximum Gasteiger partial charge on any atom is 0.321 e. The number of hydrogen-bond donors (Lipinski definition) is 1. The summed E-state index contributed by atoms with van der Waals surface area (Å²) in [7, 11) is 1.73. The first kappa shape index (κ1) is 16.5. The highest BCUT2D eigenvalue weighted by molar-refractivity contribution is 5.88. The molecule has 1 fully saturated rings. The minimum absolute atomic E-state index is 0.202. The van der Waals surface area contributed by atoms with Gasteiger partial charge in [0.05, 0.1) is 36.8 Å². The Balaban J connectivity index is 1.55. The molecular formula is C16H23N5O3. The molecule has 130 valence electrons. The fourth-order valence-corrected chi connectivity index (χ4v) is 2.78. The van der Waals surface area contributed by atoms with Crippen molar-refractivity contribution in [1.29, 1.82) is 0 Å². The Labute approximate surface area is 140 Å². The summed E-state index contributed by atoms with van der Waals surface area (Å²) in [5.41, 5.74) is 2.40. The van der Waals surface area contributed by atoms with Crippen molar-refractivity contribution in [3.63, 3.8) is 0 Å². The van der Waals surface area contributed by atoms with Crippen molar-refractivity contribution >= 4 is 11.7 Å². The van der Waals surface area contributed by atoms with E-state index >= 15 is 0 Å². The van der Waals surface area contributed by atoms with Gasteiger partial charge in [0.15, 0.2) is 0 Å². The average molecular weight is 333 g/mol. The van der Waals surface area contributed by atoms with Crippen LogP contribution >= 0.6 is 0 Å². The molecule has 0 bridgehead atoms. The van der Waals surface area contributed by atoms with Gasteiger partial charge in [-0.1, -0.05) is 5.16 Å². The number of anilines is 1. The fourth-order valence-electron chi connectivity index (χ4n) is 2.78. The third-order valence-corrected chi connectivity index (χ3v) is 4.22. The Morgan fingerprint density at radius 3 is 3.00 bits per heavy atom. The Hall–Kier alpha value is -2.35. The van der Waals surface area contributed by atoms with Gasteiger partial charge in [0, 0.05) is 25.4 Å². The molecule has 3 rings (SSSR count). The van der Waals surface area contributed by atoms with Crippen molar-refractivity contribution < 1.29 is 14.1 Å². The van der Waals surface area contributed by atoms with Crippen LogP contribution in [0.3, 0.4) is 0 Å². The molecule has 2 amide bonds. The van der Waals surface area contributed by atoms with Gasteiger partial charge < -0.3 is 19.5 Å². The van der Waals surface area contributed by atoms with E-state index in [0.717, 1.165) is 36.5 Å². The number of nitrogens with one attached hydrogen (secondary N) is 1. The van der Waals surface area contributed by atoms with Crippen LogP contribution in [0.15, 0.2) is 16.9 Å². The van der Waals surface area contributed by atoms with Crippen LogP contribution in [-0.2, 0) is 17.8 Å². The lowest BCUT2D eigenvalue weighted by Crippen LogP contribution is -2.31. The highest BCUT2D eigenvalue weighted by Crippen LogP contribution is 2.16. The topological polar surface area (TPSA) is 85.4 Å². The summed E-state index contributed by atoms with van der Waals surface area (Å²) in [5.74, 6) is 0.733. The van der Waals surface area contributed by atoms with Crippen molar-refractivity contribution in [3.05, 3.63) is 29.4 Å². The van der Waals surface area contributed by atoms with E-state index in [0.29, 0.717) is 18.8 Å². The fraction of sp³-hybridized carbons (Fsp3) is 0.562. The number of carbonyl (C=O) groups is 1. The van der Waals surface area contributed by atoms with E-state index in [4.69, 9.17) is 9.26 Å². The Morgan fingerprint density at radius 2 is 2.33 bits per heavy atom. The van der Waals surface area contributed by atoms with E-state index in [1.807, 2.05) is 20.0 Å². The maximum atomic E-state index is 12.3. The second kappa shape index (κ2) is 7.04. The van der Waals surface area contributed by atoms with Crippen LogP contribution in [0, 0.1) is 13.8 Å². The lowest BCUT2D eigenvalue weighted by atomic mass is 10.2. The first-order chi connectivity index (χ1) is 11.5. The molecule has 8 heteroatoms. The Morgan fingerprint density at radius 1 is 1.50 bits per heavy atom. The summed E-state index contributed by atoms with van der Waals surface area (Å²) in [6, 6.07) is -0.202. The minimum atomic E-state index is -0.202. The third-order valence-electron chi connectivity index (χ3n) is 4.22. The molecule has 8 nitrogen and oxygen atoms in total. The van der Waals surface area contributed by atoms with Crippen LogP contribution in [0.25, 0.3) is 0 Å². The lowest BCUT2D eigenvalue weighted by Gasteiger charge is -2.17. The van der Waals surface area contributed by atoms with Gasteiger partial charge in [-0.3, -0.25) is 4.68 Å². The van der Waals surface area contributed by atoms with Crippen LogP contribution in [0.5, 0.6) is 0 Å². The van der Waals surface area contributed by atoms with E-state index in [-0.39, 0.29) is 12.1 Å². The monoisotopic (exact) mass is 333 g/mol. The zero-order chi connectivity index (χ0) is 17.1. The molecular weight excluding hydrogens is 310 g/mol. The number of aryl methyl sites for hydroxylation is 2. The molecule has 1 atom stereocenters. The molecule has 24 heavy (non-hydrogen) atoms. The van der Waals surface area contributed by atoms with Gasteiger partial charge in [-0.2, -0.15) is 5.10 Å². The highest BCUT2D eigenvalue weighted by Gasteiger charge is 2.18. The van der Waals surface area contributed by atoms with Gasteiger partial charge in [0.2, 0.25) is 0 Å². The number of urea groups is 1. The summed E-state index contributed by atoms with van der Waals surface area (Å²) in [6.45, 7) is 5.69. The van der Waals surface area contributed by atoms with E-state index in [1.54, 1.807) is 22.8 Å². The molecule has 2 aromatic heterocycles. The number of aromatic nitrogens is 3. The number of rotatable bonds is 5. The molecule has 3 heterocycles. The average Bonchev–Trinajstić information content (AvgIpc) is 3.27. The first-order valence-corrected chi connectivity index (χ1v) is 8.11. The Bertz CT molecular complexity index is 683. The first-order valence-electron chi connectivity index (χ1n) is 8.11. The van der Waals surface area contributed by atoms with Crippen LogP contribution in [0.2, 0.25) is 0 Å². The summed E-state index contributed by atoms with van der Waals surface area (Å²) in [4.78, 5) is 13.9. The van der Waals surface area contributed by atoms with Gasteiger partial charge in [-0.15, -0.1) is 0 Å². The number of carbonyl (C=O) groups excluding carboxylic acids is 1. The molecule has 0 unspecified atom stereocenters. The molecule has 1 aliphatic rings. The van der Waals surface area contributed by atoms with E-state index in [2.05, 4.69) is 15.6 Å². The standard InChI is InChI=1S/C16H23N5O3/c1-11-15(12(2)24-19-11)10-20(3)16(22)18-13-7-17-21(8-13)9-14-5-4-6-23-14/h7-8,14H,4-6,9-10H2,1-3H3,(H,18,22)/t14-/m0/s1. The molecule has 0 saturated carbocycles. The summed E-state index contributed by atoms with van der Waals surface area (Å²) in [6.07, 6.45) is 5.85. The number of nitrogens with zero attached hydrogens (tertiary/aromatic N) is 4. The zero-order valence-electron chi connectivity index (χ0n) is 14.3. The summed E-state index contributed by atoms with van der Waals surface area (Å²) < 4.78 is 12.5. The minimum Gasteiger partial charge on any atom is -0.376 e. The SMILES string of the molecule is Cc1noc(C)c1CN(C)C(=O)Nc1cnn(C[C@@H]2CCCO2)c1. The quantitative estimate of drug-likeness (QED) is 0.907. The summed E-state index contributed by atoms with van der Waals surface area (Å²) >= 11 is 0. The predicted molar refractivity (Wildman–Crippen MR) is 87.7 cm³/mol. The van der Waals surface area contributed by atoms with Gasteiger partial charge in [-0.05, 0) is 26.7 Å². The highest BCUT2D eigenvalue weighted by atomic mass is 16.5. The van der Waals surface area contributed by atoms with Crippen molar-refractivity contribution in [3.8, 4) is 0 Å². The molecule has 1 saturated heterocycles. The maximum absolute atomic E-state index is 12.3. The van der Waals surface area contributed by atoms with Gasteiger partial charge in [0.25, 0.3) is 0 Å². The van der Waals surface area contributed by atoms with E-state index < -0.39 is 0 Å². The molecule has 0 radical (unpaired) electrons. The molecule has 2 aromatic rings. The van der Waals surface area contributed by atoms with E-state index in [9.17, 15) is 4.79 Å². The van der Waals surface area contributed by atoms with Gasteiger partial charge in [0.1, 0.15) is 5.76 Å². The lowest BCUT2D eigenvalue weighted by molar-refractivity contribution is 0.0940. The van der Waals surface area contributed by atoms with E-state index in [1.165, 1.54) is 0 Å². The van der Waals surface area contributed by atoms with Crippen LogP contribution < -0.4 is 5.32 Å². The zero-order valence-corrected chi connectivity index (χ0v) is 14.3. The third kappa shape index (κ3) is 3.76. The second-order valence-electron chi connectivity index (χ2n) is 6.18. The van der Waals surface area contributed by atoms with Crippen molar-refractivity contribution in [2.24, 2.45) is 0 Å². The predicted octanol–water partition coefficient (Wildman–Crippen LogP) is 2.33. The number of hydrogen-bond acceptors (Lipinski definition) is 5. The molecule has 0 spiro atoms. The summed E-state index contributed by atoms with van der Waals surface area (Å²) in [5, 5.41) is 11.0. The van der Waals surface area contributed by atoms with Crippen molar-refractivity contribution in [2.45, 2.75) is 45.9 Å². The molecule has 0 aromatic carbocycles. The van der Waals surface area contributed by atoms with Crippen molar-refractivity contribution in [2.75, 3.05) is 19.0 Å². The molecule has 1 aliphatic heterocycles. The smallest absolute Gasteiger partial charge is 0.321 e. The molecule has 0 aliphatic carbocycles. The van der Waals surface area contributed by atoms with Gasteiger partial charge in [-0.25, -0.2) is 4.79 Å². The largest absolute Gasteiger partial charge is 0.376 e. The van der Waals surface area contributed by atoms with Gasteiger partial charge >= 0.3 is 6.03 Å². The second-order valence-corrected chi connectivity index (χ2v) is 6.18. The normalized spacial score (nSPS) is 17.2. The Kier molecular flexibility index (Phi) is 4.84. The number of amides is 2. The molecule has 1 N–H and O–H groups in total. The van der Waals surface area contributed by atoms with Crippen molar-refractivity contribution in [1.82, 2.24) is 19.8 Å². The van der Waals surface area contributed by atoms with Crippen LogP contribution in [-0.4, -0.2) is 45.6 Å². The number of ether oxygens (including phenoxy) is 1.